The molecule has 1 saturated heterocycles. The monoisotopic (exact) mass is 634 g/mol. The van der Waals surface area contributed by atoms with Gasteiger partial charge in [0.2, 0.25) is 11.8 Å². The largest absolute Gasteiger partial charge is 0.384 e. The van der Waals surface area contributed by atoms with Crippen molar-refractivity contribution in [2.24, 2.45) is 0 Å². The molecule has 14 nitrogen and oxygen atoms in total. The highest BCUT2D eigenvalue weighted by molar-refractivity contribution is 6.29. The topological polar surface area (TPSA) is 192 Å². The number of amides is 6. The molecule has 1 unspecified atom stereocenters. The molecule has 5 N–H and O–H groups in total. The second-order valence-electron chi connectivity index (χ2n) is 10.0. The van der Waals surface area contributed by atoms with Crippen molar-refractivity contribution in [3.63, 3.8) is 0 Å². The van der Waals surface area contributed by atoms with Gasteiger partial charge in [-0.1, -0.05) is 23.7 Å². The summed E-state index contributed by atoms with van der Waals surface area (Å²) in [4.78, 5) is 83.0. The number of carbonyl (C=O) groups is 6. The van der Waals surface area contributed by atoms with E-state index in [1.165, 1.54) is 42.5 Å². The van der Waals surface area contributed by atoms with E-state index in [0.717, 1.165) is 0 Å². The Kier molecular flexibility index (Phi) is 11.1. The number of piperidine rings is 1. The number of hydrogen-bond acceptors (Lipinski definition) is 9. The molecule has 0 saturated carbocycles. The summed E-state index contributed by atoms with van der Waals surface area (Å²) in [6.45, 7) is 0.762. The predicted molar refractivity (Wildman–Crippen MR) is 166 cm³/mol. The van der Waals surface area contributed by atoms with Crippen LogP contribution < -0.4 is 26.6 Å². The van der Waals surface area contributed by atoms with E-state index in [4.69, 9.17) is 11.6 Å². The quantitative estimate of drug-likeness (QED) is 0.0862. The number of nitrogens with zero attached hydrogens (tertiary/aromatic N) is 3. The molecule has 4 rings (SSSR count). The molecule has 0 aliphatic carbocycles. The van der Waals surface area contributed by atoms with Crippen molar-refractivity contribution in [1.29, 1.82) is 0 Å². The van der Waals surface area contributed by atoms with Crippen molar-refractivity contribution in [2.75, 3.05) is 36.1 Å². The van der Waals surface area contributed by atoms with E-state index in [1.54, 1.807) is 24.3 Å². The number of halogens is 1. The van der Waals surface area contributed by atoms with E-state index in [0.29, 0.717) is 49.3 Å². The summed E-state index contributed by atoms with van der Waals surface area (Å²) in [5.41, 5.74) is 1.66. The normalized spacial score (nSPS) is 14.1. The number of urea groups is 1. The molecule has 2 aromatic heterocycles. The van der Waals surface area contributed by atoms with E-state index in [-0.39, 0.29) is 40.7 Å². The zero-order valence-electron chi connectivity index (χ0n) is 24.3. The first-order chi connectivity index (χ1) is 21.7. The molecule has 3 heterocycles. The Morgan fingerprint density at radius 1 is 1.02 bits per heavy atom. The van der Waals surface area contributed by atoms with Gasteiger partial charge in [0.1, 0.15) is 16.9 Å². The summed E-state index contributed by atoms with van der Waals surface area (Å²) in [5, 5.41) is 13.7. The molecule has 1 fully saturated rings. The molecule has 234 valence electrons. The van der Waals surface area contributed by atoms with Crippen LogP contribution in [0.5, 0.6) is 0 Å². The minimum Gasteiger partial charge on any atom is -0.384 e. The number of hydrogen-bond donors (Lipinski definition) is 5. The van der Waals surface area contributed by atoms with Crippen LogP contribution in [0.3, 0.4) is 0 Å². The van der Waals surface area contributed by atoms with Gasteiger partial charge in [-0.3, -0.25) is 34.3 Å². The first-order valence-electron chi connectivity index (χ1n) is 14.0. The predicted octanol–water partition coefficient (Wildman–Crippen LogP) is 3.09. The van der Waals surface area contributed by atoms with Crippen LogP contribution in [0.25, 0.3) is 0 Å². The number of rotatable bonds is 12. The van der Waals surface area contributed by atoms with Crippen LogP contribution in [0.1, 0.15) is 56.9 Å². The number of nitrogens with one attached hydrogen (secondary N) is 5. The van der Waals surface area contributed by atoms with Gasteiger partial charge in [-0.05, 0) is 49.6 Å². The lowest BCUT2D eigenvalue weighted by atomic mass is 10.0. The minimum absolute atomic E-state index is 0.115. The average molecular weight is 635 g/mol. The Labute approximate surface area is 263 Å². The van der Waals surface area contributed by atoms with Gasteiger partial charge in [0.15, 0.2) is 6.29 Å². The number of unbranched alkanes of at least 4 members (excludes halogenated alkanes) is 1. The van der Waals surface area contributed by atoms with Gasteiger partial charge >= 0.3 is 6.03 Å². The average Bonchev–Trinajstić information content (AvgIpc) is 3.01. The number of pyridine rings is 2. The van der Waals surface area contributed by atoms with Gasteiger partial charge in [0, 0.05) is 61.6 Å². The van der Waals surface area contributed by atoms with Gasteiger partial charge < -0.3 is 26.2 Å². The van der Waals surface area contributed by atoms with Crippen LogP contribution >= 0.6 is 11.6 Å². The molecular weight excluding hydrogens is 604 g/mol. The Hall–Kier alpha value is -5.37. The van der Waals surface area contributed by atoms with E-state index in [1.807, 2.05) is 0 Å². The van der Waals surface area contributed by atoms with Crippen LogP contribution in [0.2, 0.25) is 5.15 Å². The maximum atomic E-state index is 13.4. The summed E-state index contributed by atoms with van der Waals surface area (Å²) in [7, 11) is 1.46. The molecule has 0 radical (unpaired) electrons. The Balaban J connectivity index is 1.25. The molecular formula is C30H31ClN8O6. The number of anilines is 3. The lowest BCUT2D eigenvalue weighted by Crippen LogP contribution is -2.53. The van der Waals surface area contributed by atoms with E-state index < -0.39 is 29.8 Å². The molecule has 1 aliphatic rings. The number of aldehydes is 1. The molecule has 6 amide bonds. The number of likely N-dealkylation sites (N-methyl/N-ethyl adjacent to an activating group) is 1. The summed E-state index contributed by atoms with van der Waals surface area (Å²) >= 11 is 5.83. The van der Waals surface area contributed by atoms with Crippen LogP contribution in [-0.4, -0.2) is 77.0 Å². The van der Waals surface area contributed by atoms with Gasteiger partial charge in [0.05, 0.1) is 5.56 Å². The number of imide groups is 1. The van der Waals surface area contributed by atoms with Gasteiger partial charge in [-0.2, -0.15) is 0 Å². The zero-order valence-corrected chi connectivity index (χ0v) is 25.0. The van der Waals surface area contributed by atoms with Crippen molar-refractivity contribution in [1.82, 2.24) is 25.5 Å². The van der Waals surface area contributed by atoms with Crippen molar-refractivity contribution in [3.05, 3.63) is 76.8 Å². The third-order valence-electron chi connectivity index (χ3n) is 6.87. The SMILES string of the molecule is CN(C(=O)c1c(C=O)cccc1NCCCCNC(=O)c1cc(NC(=O)Nc2ccnc(Cl)c2)ccn1)C1CCC(=O)NC1=O. The van der Waals surface area contributed by atoms with E-state index in [2.05, 4.69) is 36.6 Å². The Morgan fingerprint density at radius 2 is 1.73 bits per heavy atom. The smallest absolute Gasteiger partial charge is 0.323 e. The number of carbonyl (C=O) groups excluding carboxylic acids is 6. The Bertz CT molecular complexity index is 1620. The van der Waals surface area contributed by atoms with Crippen molar-refractivity contribution >= 4 is 64.6 Å². The van der Waals surface area contributed by atoms with E-state index in [9.17, 15) is 28.8 Å². The second-order valence-corrected chi connectivity index (χ2v) is 10.4. The minimum atomic E-state index is -0.832. The molecule has 3 aromatic rings. The third-order valence-corrected chi connectivity index (χ3v) is 7.08. The fraction of sp³-hybridized carbons (Fsp3) is 0.267. The molecule has 0 spiro atoms. The standard InChI is InChI=1S/C30H31ClN8O6/c1-39(23-7-8-25(41)38-28(23)43)29(44)26-18(17-40)5-4-6-21(26)32-11-2-3-12-35-27(42)22-15-19(9-13-33-22)36-30(45)37-20-10-14-34-24(31)16-20/h4-6,9-10,13-17,23,32H,2-3,7-8,11-12H2,1H3,(H,35,42)(H,38,41,43)(H2,33,34,36,37,45). The molecule has 1 aromatic carbocycles. The van der Waals surface area contributed by atoms with Crippen molar-refractivity contribution in [3.8, 4) is 0 Å². The zero-order chi connectivity index (χ0) is 32.3. The highest BCUT2D eigenvalue weighted by atomic mass is 35.5. The van der Waals surface area contributed by atoms with Gasteiger partial charge in [-0.25, -0.2) is 9.78 Å². The molecule has 45 heavy (non-hydrogen) atoms. The van der Waals surface area contributed by atoms with Crippen LogP contribution in [0, 0.1) is 0 Å². The van der Waals surface area contributed by atoms with E-state index >= 15 is 0 Å². The van der Waals surface area contributed by atoms with Gasteiger partial charge in [-0.15, -0.1) is 0 Å². The summed E-state index contributed by atoms with van der Waals surface area (Å²) in [5.74, 6) is -1.89. The fourth-order valence-corrected chi connectivity index (χ4v) is 4.77. The highest BCUT2D eigenvalue weighted by Gasteiger charge is 2.34. The van der Waals surface area contributed by atoms with Crippen LogP contribution in [-0.2, 0) is 9.59 Å². The number of benzene rings is 1. The lowest BCUT2D eigenvalue weighted by Gasteiger charge is -2.30. The highest BCUT2D eigenvalue weighted by Crippen LogP contribution is 2.23. The summed E-state index contributed by atoms with van der Waals surface area (Å²) in [6, 6.07) is 9.52. The summed E-state index contributed by atoms with van der Waals surface area (Å²) in [6.07, 6.45) is 4.94. The maximum Gasteiger partial charge on any atom is 0.323 e. The molecule has 15 heteroatoms. The first-order valence-corrected chi connectivity index (χ1v) is 14.4. The molecule has 1 aliphatic heterocycles. The maximum absolute atomic E-state index is 13.4. The number of aromatic nitrogens is 2. The fourth-order valence-electron chi connectivity index (χ4n) is 4.60. The van der Waals surface area contributed by atoms with Crippen LogP contribution in [0.4, 0.5) is 21.9 Å². The third kappa shape index (κ3) is 8.83. The molecule has 1 atom stereocenters. The van der Waals surface area contributed by atoms with Gasteiger partial charge in [0.25, 0.3) is 11.8 Å². The van der Waals surface area contributed by atoms with Crippen molar-refractivity contribution < 1.29 is 28.8 Å². The van der Waals surface area contributed by atoms with Crippen LogP contribution in [0.15, 0.2) is 54.9 Å². The summed E-state index contributed by atoms with van der Waals surface area (Å²) < 4.78 is 0. The molecule has 0 bridgehead atoms. The lowest BCUT2D eigenvalue weighted by molar-refractivity contribution is -0.136. The van der Waals surface area contributed by atoms with Crippen molar-refractivity contribution in [2.45, 2.75) is 31.7 Å². The Morgan fingerprint density at radius 3 is 2.44 bits per heavy atom. The second kappa shape index (κ2) is 15.4. The first kappa shape index (κ1) is 32.5.